The van der Waals surface area contributed by atoms with Gasteiger partial charge in [0.25, 0.3) is 0 Å². The Hall–Kier alpha value is -1.72. The van der Waals surface area contributed by atoms with Gasteiger partial charge in [0, 0.05) is 26.4 Å². The molecule has 0 fully saturated rings. The quantitative estimate of drug-likeness (QED) is 0.536. The van der Waals surface area contributed by atoms with E-state index in [1.165, 1.54) is 21.7 Å². The van der Waals surface area contributed by atoms with Crippen LogP contribution < -0.4 is 4.74 Å². The van der Waals surface area contributed by atoms with Crippen LogP contribution in [0.3, 0.4) is 0 Å². The fourth-order valence-electron chi connectivity index (χ4n) is 4.42. The number of nitrogens with zero attached hydrogens (tertiary/aromatic N) is 2. The first kappa shape index (κ1) is 17.4. The molecule has 3 aliphatic heterocycles. The van der Waals surface area contributed by atoms with E-state index in [1.54, 1.807) is 11.8 Å². The Morgan fingerprint density at radius 2 is 1.89 bits per heavy atom. The standard InChI is InChI=1S/C22H21BrN2OS/c1-13-20(14-8-10-15(23)11-9-14)25-21(27-13)24-19-16-6-4-5-7-18(16)26-12-17(19)22(25,2)3/h4-11,17,19H,12H2,1-3H3. The van der Waals surface area contributed by atoms with Gasteiger partial charge in [-0.15, -0.1) is 0 Å². The smallest absolute Gasteiger partial charge is 0.169 e. The normalized spacial score (nSPS) is 25.3. The summed E-state index contributed by atoms with van der Waals surface area (Å²) in [6.07, 6.45) is 0. The molecule has 0 bridgehead atoms. The second kappa shape index (κ2) is 6.14. The second-order valence-electron chi connectivity index (χ2n) is 7.81. The van der Waals surface area contributed by atoms with Crippen molar-refractivity contribution in [3.63, 3.8) is 0 Å². The number of aliphatic imine (C=N–C) groups is 1. The first-order valence-electron chi connectivity index (χ1n) is 9.21. The predicted octanol–water partition coefficient (Wildman–Crippen LogP) is 6.08. The van der Waals surface area contributed by atoms with Crippen molar-refractivity contribution >= 4 is 38.6 Å². The molecule has 3 aliphatic rings. The van der Waals surface area contributed by atoms with Gasteiger partial charge < -0.3 is 9.64 Å². The molecule has 0 aromatic heterocycles. The fraction of sp³-hybridized carbons (Fsp3) is 0.318. The third kappa shape index (κ3) is 2.59. The largest absolute Gasteiger partial charge is 0.493 e. The Balaban J connectivity index is 1.63. The van der Waals surface area contributed by atoms with Gasteiger partial charge >= 0.3 is 0 Å². The minimum absolute atomic E-state index is 0.0948. The second-order valence-corrected chi connectivity index (χ2v) is 9.91. The summed E-state index contributed by atoms with van der Waals surface area (Å²) in [5.74, 6) is 1.28. The van der Waals surface area contributed by atoms with Gasteiger partial charge in [0.05, 0.1) is 18.3 Å². The van der Waals surface area contributed by atoms with E-state index < -0.39 is 0 Å². The van der Waals surface area contributed by atoms with Crippen LogP contribution in [0.15, 0.2) is 62.9 Å². The van der Waals surface area contributed by atoms with Crippen molar-refractivity contribution in [2.45, 2.75) is 32.4 Å². The zero-order valence-electron chi connectivity index (χ0n) is 15.6. The number of hydrogen-bond donors (Lipinski definition) is 0. The van der Waals surface area contributed by atoms with Crippen molar-refractivity contribution < 1.29 is 4.74 Å². The van der Waals surface area contributed by atoms with Crippen molar-refractivity contribution in [3.8, 4) is 5.75 Å². The van der Waals surface area contributed by atoms with Crippen LogP contribution in [0, 0.1) is 5.92 Å². The third-order valence-electron chi connectivity index (χ3n) is 5.88. The third-order valence-corrected chi connectivity index (χ3v) is 7.38. The van der Waals surface area contributed by atoms with Crippen LogP contribution in [-0.4, -0.2) is 22.2 Å². The Labute approximate surface area is 172 Å². The summed E-state index contributed by atoms with van der Waals surface area (Å²) in [7, 11) is 0. The molecule has 0 amide bonds. The summed E-state index contributed by atoms with van der Waals surface area (Å²) in [6, 6.07) is 17.1. The molecule has 0 N–H and O–H groups in total. The summed E-state index contributed by atoms with van der Waals surface area (Å²) in [4.78, 5) is 8.96. The molecular formula is C22H21BrN2OS. The molecular weight excluding hydrogens is 420 g/mol. The number of fused-ring (bicyclic) bond motifs is 4. The van der Waals surface area contributed by atoms with Crippen LogP contribution in [0.2, 0.25) is 0 Å². The first-order chi connectivity index (χ1) is 13.0. The van der Waals surface area contributed by atoms with Crippen molar-refractivity contribution in [1.82, 2.24) is 4.90 Å². The minimum Gasteiger partial charge on any atom is -0.493 e. The van der Waals surface area contributed by atoms with Gasteiger partial charge in [-0.05, 0) is 44.5 Å². The van der Waals surface area contributed by atoms with Crippen LogP contribution in [0.5, 0.6) is 5.75 Å². The number of benzene rings is 2. The number of ether oxygens (including phenoxy) is 1. The molecule has 2 atom stereocenters. The van der Waals surface area contributed by atoms with Gasteiger partial charge in [0.2, 0.25) is 0 Å². The first-order valence-corrected chi connectivity index (χ1v) is 10.8. The monoisotopic (exact) mass is 440 g/mol. The van der Waals surface area contributed by atoms with Crippen LogP contribution in [-0.2, 0) is 0 Å². The molecule has 27 heavy (non-hydrogen) atoms. The molecule has 0 saturated heterocycles. The lowest BCUT2D eigenvalue weighted by Crippen LogP contribution is -2.56. The van der Waals surface area contributed by atoms with Crippen LogP contribution in [0.25, 0.3) is 5.70 Å². The minimum atomic E-state index is -0.0948. The SMILES string of the molecule is CC1=C(c2ccc(Br)cc2)N2C(=NC3c4ccccc4OCC3C2(C)C)S1. The summed E-state index contributed by atoms with van der Waals surface area (Å²) < 4.78 is 7.23. The zero-order valence-corrected chi connectivity index (χ0v) is 18.0. The highest BCUT2D eigenvalue weighted by atomic mass is 79.9. The maximum atomic E-state index is 6.14. The van der Waals surface area contributed by atoms with Gasteiger partial charge in [-0.25, -0.2) is 0 Å². The Morgan fingerprint density at radius 3 is 2.67 bits per heavy atom. The molecule has 5 heteroatoms. The molecule has 0 aliphatic carbocycles. The lowest BCUT2D eigenvalue weighted by atomic mass is 9.75. The number of halogens is 1. The van der Waals surface area contributed by atoms with E-state index in [-0.39, 0.29) is 11.6 Å². The van der Waals surface area contributed by atoms with E-state index in [0.717, 1.165) is 15.4 Å². The number of allylic oxidation sites excluding steroid dienone is 1. The van der Waals surface area contributed by atoms with Crippen LogP contribution in [0.1, 0.15) is 37.9 Å². The highest BCUT2D eigenvalue weighted by Crippen LogP contribution is 2.54. The van der Waals surface area contributed by atoms with Crippen molar-refractivity contribution in [2.24, 2.45) is 10.9 Å². The number of para-hydroxylation sites is 1. The Bertz CT molecular complexity index is 980. The summed E-state index contributed by atoms with van der Waals surface area (Å²) in [6.45, 7) is 7.55. The maximum absolute atomic E-state index is 6.14. The van der Waals surface area contributed by atoms with Gasteiger partial charge in [-0.1, -0.05) is 58.0 Å². The topological polar surface area (TPSA) is 24.8 Å². The highest BCUT2D eigenvalue weighted by Gasteiger charge is 2.52. The highest BCUT2D eigenvalue weighted by molar-refractivity contribution is 9.10. The molecule has 138 valence electrons. The number of thioether (sulfide) groups is 1. The summed E-state index contributed by atoms with van der Waals surface area (Å²) >= 11 is 5.34. The molecule has 0 saturated carbocycles. The van der Waals surface area contributed by atoms with Gasteiger partial charge in [0.15, 0.2) is 5.17 Å². The molecule has 0 spiro atoms. The van der Waals surface area contributed by atoms with Crippen LogP contribution in [0.4, 0.5) is 0 Å². The molecule has 0 radical (unpaired) electrons. The summed E-state index contributed by atoms with van der Waals surface area (Å²) in [5.41, 5.74) is 3.62. The van der Waals surface area contributed by atoms with Gasteiger partial charge in [0.1, 0.15) is 5.75 Å². The van der Waals surface area contributed by atoms with Crippen molar-refractivity contribution in [1.29, 1.82) is 0 Å². The van der Waals surface area contributed by atoms with Gasteiger partial charge in [-0.3, -0.25) is 4.99 Å². The molecule has 5 rings (SSSR count). The predicted molar refractivity (Wildman–Crippen MR) is 116 cm³/mol. The average molecular weight is 441 g/mol. The molecule has 2 unspecified atom stereocenters. The molecule has 3 heterocycles. The van der Waals surface area contributed by atoms with E-state index >= 15 is 0 Å². The van der Waals surface area contributed by atoms with Gasteiger partial charge in [-0.2, -0.15) is 0 Å². The number of amidine groups is 1. The number of rotatable bonds is 1. The fourth-order valence-corrected chi connectivity index (χ4v) is 5.85. The lowest BCUT2D eigenvalue weighted by molar-refractivity contribution is 0.0745. The van der Waals surface area contributed by atoms with Crippen molar-refractivity contribution in [3.05, 3.63) is 69.0 Å². The van der Waals surface area contributed by atoms with E-state index in [9.17, 15) is 0 Å². The van der Waals surface area contributed by atoms with Crippen molar-refractivity contribution in [2.75, 3.05) is 6.61 Å². The van der Waals surface area contributed by atoms with E-state index in [0.29, 0.717) is 12.5 Å². The van der Waals surface area contributed by atoms with E-state index in [4.69, 9.17) is 9.73 Å². The Morgan fingerprint density at radius 1 is 1.15 bits per heavy atom. The average Bonchev–Trinajstić information content (AvgIpc) is 2.99. The summed E-state index contributed by atoms with van der Waals surface area (Å²) in [5, 5.41) is 1.10. The van der Waals surface area contributed by atoms with E-state index in [1.807, 2.05) is 6.07 Å². The molecule has 2 aromatic carbocycles. The number of hydrogen-bond acceptors (Lipinski definition) is 4. The Kier molecular flexibility index (Phi) is 3.96. The molecule has 3 nitrogen and oxygen atoms in total. The maximum Gasteiger partial charge on any atom is 0.169 e. The molecule has 2 aromatic rings. The van der Waals surface area contributed by atoms with Crippen LogP contribution >= 0.6 is 27.7 Å². The lowest BCUT2D eigenvalue weighted by Gasteiger charge is -2.51. The van der Waals surface area contributed by atoms with E-state index in [2.05, 4.69) is 84.1 Å². The zero-order chi connectivity index (χ0) is 18.8.